The molecule has 5 nitrogen and oxygen atoms in total. The van der Waals surface area contributed by atoms with E-state index in [4.69, 9.17) is 0 Å². The second-order valence-electron chi connectivity index (χ2n) is 5.74. The van der Waals surface area contributed by atoms with E-state index >= 15 is 0 Å². The molecule has 0 atom stereocenters. The van der Waals surface area contributed by atoms with Crippen molar-refractivity contribution in [3.05, 3.63) is 52.9 Å². The maximum Gasteiger partial charge on any atom is 0.227 e. The zero-order chi connectivity index (χ0) is 16.4. The minimum atomic E-state index is -0.0655. The Hall–Kier alpha value is -2.69. The van der Waals surface area contributed by atoms with Gasteiger partial charge in [-0.15, -0.1) is 0 Å². The summed E-state index contributed by atoms with van der Waals surface area (Å²) in [6.07, 6.45) is 4.84. The molecule has 5 heteroatoms. The first-order valence-electron chi connectivity index (χ1n) is 7.70. The van der Waals surface area contributed by atoms with Crippen molar-refractivity contribution in [1.29, 1.82) is 0 Å². The van der Waals surface area contributed by atoms with Crippen molar-refractivity contribution in [3.8, 4) is 0 Å². The number of aryl methyl sites for hydroxylation is 2. The molecule has 2 heterocycles. The van der Waals surface area contributed by atoms with Crippen LogP contribution >= 0.6 is 0 Å². The number of allylic oxidation sites excluding steroid dienone is 1. The average Bonchev–Trinajstić information content (AvgIpc) is 3.11. The summed E-state index contributed by atoms with van der Waals surface area (Å²) in [5.41, 5.74) is 4.21. The number of nitrogens with zero attached hydrogens (tertiary/aromatic N) is 2. The normalized spacial score (nSPS) is 14.9. The molecular formula is C18H19N3O2. The fraction of sp³-hybridized carbons (Fsp3) is 0.278. The van der Waals surface area contributed by atoms with Crippen LogP contribution < -0.4 is 4.90 Å². The first-order valence-corrected chi connectivity index (χ1v) is 7.70. The van der Waals surface area contributed by atoms with Gasteiger partial charge in [-0.25, -0.2) is 0 Å². The Morgan fingerprint density at radius 3 is 2.57 bits per heavy atom. The molecule has 1 N–H and O–H groups in total. The van der Waals surface area contributed by atoms with E-state index in [-0.39, 0.29) is 11.7 Å². The van der Waals surface area contributed by atoms with Gasteiger partial charge in [-0.05, 0) is 56.7 Å². The van der Waals surface area contributed by atoms with E-state index in [1.807, 2.05) is 26.0 Å². The summed E-state index contributed by atoms with van der Waals surface area (Å²) in [5, 5.41) is 7.00. The summed E-state index contributed by atoms with van der Waals surface area (Å²) in [6, 6.07) is 7.20. The van der Waals surface area contributed by atoms with Crippen molar-refractivity contribution in [2.75, 3.05) is 11.4 Å². The van der Waals surface area contributed by atoms with Crippen molar-refractivity contribution >= 4 is 23.5 Å². The highest BCUT2D eigenvalue weighted by Crippen LogP contribution is 2.22. The topological polar surface area (TPSA) is 66.1 Å². The van der Waals surface area contributed by atoms with Gasteiger partial charge in [0.1, 0.15) is 0 Å². The molecule has 0 unspecified atom stereocenters. The molecule has 1 fully saturated rings. The molecular weight excluding hydrogens is 290 g/mol. The number of anilines is 1. The smallest absolute Gasteiger partial charge is 0.227 e. The molecule has 0 spiro atoms. The molecule has 118 valence electrons. The van der Waals surface area contributed by atoms with Gasteiger partial charge < -0.3 is 4.90 Å². The van der Waals surface area contributed by atoms with Crippen LogP contribution in [0.3, 0.4) is 0 Å². The van der Waals surface area contributed by atoms with Gasteiger partial charge in [0.15, 0.2) is 5.78 Å². The number of nitrogens with one attached hydrogen (secondary N) is 1. The molecule has 0 radical (unpaired) electrons. The lowest BCUT2D eigenvalue weighted by molar-refractivity contribution is -0.117. The lowest BCUT2D eigenvalue weighted by Crippen LogP contribution is -2.23. The first-order chi connectivity index (χ1) is 11.1. The maximum absolute atomic E-state index is 12.3. The third kappa shape index (κ3) is 3.08. The number of carbonyl (C=O) groups excluding carboxylic acids is 2. The minimum absolute atomic E-state index is 0.0655. The van der Waals surface area contributed by atoms with Crippen LogP contribution in [0.15, 0.2) is 30.3 Å². The average molecular weight is 309 g/mol. The molecule has 0 saturated carbocycles. The molecule has 1 aliphatic heterocycles. The molecule has 2 aromatic rings. The fourth-order valence-electron chi connectivity index (χ4n) is 2.79. The summed E-state index contributed by atoms with van der Waals surface area (Å²) in [4.78, 5) is 25.8. The Bertz CT molecular complexity index is 753. The third-order valence-electron chi connectivity index (χ3n) is 4.12. The third-order valence-corrected chi connectivity index (χ3v) is 4.12. The van der Waals surface area contributed by atoms with Crippen molar-refractivity contribution in [3.63, 3.8) is 0 Å². The Balaban J connectivity index is 1.74. The number of benzene rings is 1. The van der Waals surface area contributed by atoms with Gasteiger partial charge in [0.2, 0.25) is 5.91 Å². The van der Waals surface area contributed by atoms with Crippen LogP contribution in [0.4, 0.5) is 5.69 Å². The van der Waals surface area contributed by atoms with Crippen molar-refractivity contribution in [2.45, 2.75) is 26.7 Å². The van der Waals surface area contributed by atoms with E-state index in [0.717, 1.165) is 35.6 Å². The monoisotopic (exact) mass is 309 g/mol. The Kier molecular flexibility index (Phi) is 4.10. The van der Waals surface area contributed by atoms with Crippen LogP contribution in [0.1, 0.15) is 40.2 Å². The van der Waals surface area contributed by atoms with Crippen LogP contribution in [0.5, 0.6) is 0 Å². The lowest BCUT2D eigenvalue weighted by atomic mass is 10.1. The van der Waals surface area contributed by atoms with E-state index in [0.29, 0.717) is 12.0 Å². The number of rotatable bonds is 4. The van der Waals surface area contributed by atoms with Crippen LogP contribution in [0.2, 0.25) is 0 Å². The summed E-state index contributed by atoms with van der Waals surface area (Å²) in [7, 11) is 0. The number of aromatic amines is 1. The largest absolute Gasteiger partial charge is 0.312 e. The fourth-order valence-corrected chi connectivity index (χ4v) is 2.79. The van der Waals surface area contributed by atoms with E-state index in [2.05, 4.69) is 10.2 Å². The van der Waals surface area contributed by atoms with Crippen molar-refractivity contribution < 1.29 is 9.59 Å². The van der Waals surface area contributed by atoms with Gasteiger partial charge in [-0.1, -0.05) is 0 Å². The molecule has 23 heavy (non-hydrogen) atoms. The zero-order valence-electron chi connectivity index (χ0n) is 13.3. The van der Waals surface area contributed by atoms with Crippen LogP contribution in [-0.2, 0) is 4.79 Å². The number of aromatic nitrogens is 2. The number of H-pyrrole nitrogens is 1. The van der Waals surface area contributed by atoms with Gasteiger partial charge in [-0.2, -0.15) is 5.10 Å². The van der Waals surface area contributed by atoms with E-state index < -0.39 is 0 Å². The van der Waals surface area contributed by atoms with Crippen LogP contribution in [0, 0.1) is 13.8 Å². The predicted octanol–water partition coefficient (Wildman–Crippen LogP) is 3.05. The molecule has 0 bridgehead atoms. The van der Waals surface area contributed by atoms with Gasteiger partial charge in [0.05, 0.1) is 5.69 Å². The molecule has 3 rings (SSSR count). The number of carbonyl (C=O) groups is 2. The van der Waals surface area contributed by atoms with Gasteiger partial charge in [0.25, 0.3) is 0 Å². The maximum atomic E-state index is 12.3. The van der Waals surface area contributed by atoms with E-state index in [9.17, 15) is 9.59 Å². The van der Waals surface area contributed by atoms with Crippen LogP contribution in [-0.4, -0.2) is 28.4 Å². The Morgan fingerprint density at radius 1 is 1.26 bits per heavy atom. The summed E-state index contributed by atoms with van der Waals surface area (Å²) in [5.74, 6) is 0.0826. The standard InChI is InChI=1S/C18H19N3O2/c1-12-16(13(2)20-19-12)9-10-17(22)14-5-7-15(8-6-14)21-11-3-4-18(21)23/h5-10H,3-4,11H2,1-2H3,(H,19,20)/b10-9+. The predicted molar refractivity (Wildman–Crippen MR) is 89.5 cm³/mol. The SMILES string of the molecule is Cc1n[nH]c(C)c1/C=C/C(=O)c1ccc(N2CCCC2=O)cc1. The second kappa shape index (κ2) is 6.20. The zero-order valence-corrected chi connectivity index (χ0v) is 13.3. The number of hydrogen-bond donors (Lipinski definition) is 1. The van der Waals surface area contributed by atoms with Gasteiger partial charge in [0, 0.05) is 35.5 Å². The lowest BCUT2D eigenvalue weighted by Gasteiger charge is -2.15. The summed E-state index contributed by atoms with van der Waals surface area (Å²) < 4.78 is 0. The highest BCUT2D eigenvalue weighted by molar-refractivity contribution is 6.07. The highest BCUT2D eigenvalue weighted by atomic mass is 16.2. The van der Waals surface area contributed by atoms with Crippen LogP contribution in [0.25, 0.3) is 6.08 Å². The molecule has 1 aromatic heterocycles. The van der Waals surface area contributed by atoms with Crippen molar-refractivity contribution in [1.82, 2.24) is 10.2 Å². The van der Waals surface area contributed by atoms with Gasteiger partial charge >= 0.3 is 0 Å². The number of hydrogen-bond acceptors (Lipinski definition) is 3. The Morgan fingerprint density at radius 2 is 2.00 bits per heavy atom. The number of amides is 1. The molecule has 1 amide bonds. The summed E-state index contributed by atoms with van der Waals surface area (Å²) in [6.45, 7) is 4.58. The highest BCUT2D eigenvalue weighted by Gasteiger charge is 2.21. The van der Waals surface area contributed by atoms with E-state index in [1.165, 1.54) is 0 Å². The molecule has 0 aliphatic carbocycles. The second-order valence-corrected chi connectivity index (χ2v) is 5.74. The Labute approximate surface area is 135 Å². The summed E-state index contributed by atoms with van der Waals surface area (Å²) >= 11 is 0. The van der Waals surface area contributed by atoms with E-state index in [1.54, 1.807) is 29.2 Å². The minimum Gasteiger partial charge on any atom is -0.312 e. The molecule has 1 saturated heterocycles. The first kappa shape index (κ1) is 15.2. The molecule has 1 aliphatic rings. The number of ketones is 1. The molecule has 1 aromatic carbocycles. The van der Waals surface area contributed by atoms with Gasteiger partial charge in [-0.3, -0.25) is 14.7 Å². The quantitative estimate of drug-likeness (QED) is 0.697. The van der Waals surface area contributed by atoms with Crippen molar-refractivity contribution in [2.24, 2.45) is 0 Å².